The second-order valence-corrected chi connectivity index (χ2v) is 7.13. The van der Waals surface area contributed by atoms with E-state index in [0.29, 0.717) is 19.0 Å². The van der Waals surface area contributed by atoms with Crippen LogP contribution in [0.15, 0.2) is 5.38 Å². The van der Waals surface area contributed by atoms with Crippen LogP contribution >= 0.6 is 11.3 Å². The average molecular weight is 326 g/mol. The zero-order chi connectivity index (χ0) is 15.9. The number of hydrogen-bond donors (Lipinski definition) is 2. The number of hydrogen-bond acceptors (Lipinski definition) is 5. The lowest BCUT2D eigenvalue weighted by Crippen LogP contribution is -2.49. The van der Waals surface area contributed by atoms with E-state index in [0.717, 1.165) is 36.9 Å². The summed E-state index contributed by atoms with van der Waals surface area (Å²) in [7, 11) is 0. The zero-order valence-electron chi connectivity index (χ0n) is 13.6. The maximum atomic E-state index is 11.8. The minimum atomic E-state index is -0.171. The lowest BCUT2D eigenvalue weighted by Gasteiger charge is -2.33. The highest BCUT2D eigenvalue weighted by atomic mass is 32.1. The van der Waals surface area contributed by atoms with E-state index in [-0.39, 0.29) is 12.1 Å². The first-order valence-corrected chi connectivity index (χ1v) is 8.67. The highest BCUT2D eigenvalue weighted by Gasteiger charge is 2.21. The van der Waals surface area contributed by atoms with Gasteiger partial charge in [0, 0.05) is 31.6 Å². The molecule has 0 aromatic carbocycles. The molecule has 2 heterocycles. The van der Waals surface area contributed by atoms with E-state index < -0.39 is 0 Å². The Morgan fingerprint density at radius 3 is 3.05 bits per heavy atom. The predicted molar refractivity (Wildman–Crippen MR) is 88.1 cm³/mol. The molecule has 0 unspecified atom stereocenters. The largest absolute Gasteiger partial charge is 0.374 e. The SMILES string of the molecule is Cc1nc(CNC(=O)NC[C@@H]2CN(CC(C)C)CCO2)cs1. The number of nitrogens with one attached hydrogen (secondary N) is 2. The van der Waals surface area contributed by atoms with Crippen LogP contribution in [0.25, 0.3) is 0 Å². The average Bonchev–Trinajstić information content (AvgIpc) is 2.88. The number of carbonyl (C=O) groups is 1. The van der Waals surface area contributed by atoms with Gasteiger partial charge in [0.2, 0.25) is 0 Å². The minimum Gasteiger partial charge on any atom is -0.374 e. The molecule has 7 heteroatoms. The Hall–Kier alpha value is -1.18. The summed E-state index contributed by atoms with van der Waals surface area (Å²) in [6.45, 7) is 11.1. The molecule has 6 nitrogen and oxygen atoms in total. The van der Waals surface area contributed by atoms with E-state index in [1.807, 2.05) is 12.3 Å². The van der Waals surface area contributed by atoms with Crippen molar-refractivity contribution in [3.05, 3.63) is 16.1 Å². The Morgan fingerprint density at radius 2 is 2.36 bits per heavy atom. The van der Waals surface area contributed by atoms with Crippen LogP contribution in [0.5, 0.6) is 0 Å². The molecule has 1 aliphatic heterocycles. The lowest BCUT2D eigenvalue weighted by molar-refractivity contribution is -0.0290. The van der Waals surface area contributed by atoms with E-state index >= 15 is 0 Å². The molecule has 0 radical (unpaired) electrons. The molecule has 2 rings (SSSR count). The van der Waals surface area contributed by atoms with Crippen molar-refractivity contribution >= 4 is 17.4 Å². The van der Waals surface area contributed by atoms with Crippen LogP contribution in [-0.2, 0) is 11.3 Å². The molecule has 1 saturated heterocycles. The van der Waals surface area contributed by atoms with Crippen molar-refractivity contribution in [2.45, 2.75) is 33.4 Å². The number of aryl methyl sites for hydroxylation is 1. The summed E-state index contributed by atoms with van der Waals surface area (Å²) in [5, 5.41) is 8.67. The van der Waals surface area contributed by atoms with Crippen molar-refractivity contribution in [3.8, 4) is 0 Å². The molecule has 0 bridgehead atoms. The van der Waals surface area contributed by atoms with Crippen molar-refractivity contribution in [1.29, 1.82) is 0 Å². The van der Waals surface area contributed by atoms with Crippen LogP contribution in [0, 0.1) is 12.8 Å². The fraction of sp³-hybridized carbons (Fsp3) is 0.733. The van der Waals surface area contributed by atoms with Gasteiger partial charge in [-0.1, -0.05) is 13.8 Å². The number of amides is 2. The summed E-state index contributed by atoms with van der Waals surface area (Å²) in [6.07, 6.45) is 0.0692. The van der Waals surface area contributed by atoms with Gasteiger partial charge in [-0.25, -0.2) is 9.78 Å². The second kappa shape index (κ2) is 8.45. The molecule has 1 fully saturated rings. The Balaban J connectivity index is 1.65. The van der Waals surface area contributed by atoms with Crippen LogP contribution in [0.4, 0.5) is 4.79 Å². The van der Waals surface area contributed by atoms with Gasteiger partial charge in [-0.3, -0.25) is 4.90 Å². The third-order valence-corrected chi connectivity index (χ3v) is 4.26. The summed E-state index contributed by atoms with van der Waals surface area (Å²) >= 11 is 1.59. The minimum absolute atomic E-state index is 0.0692. The van der Waals surface area contributed by atoms with E-state index in [9.17, 15) is 4.79 Å². The van der Waals surface area contributed by atoms with Gasteiger partial charge >= 0.3 is 6.03 Å². The fourth-order valence-electron chi connectivity index (χ4n) is 2.52. The summed E-state index contributed by atoms with van der Waals surface area (Å²) in [5.74, 6) is 0.650. The van der Waals surface area contributed by atoms with Crippen molar-refractivity contribution in [2.24, 2.45) is 5.92 Å². The molecular formula is C15H26N4O2S. The smallest absolute Gasteiger partial charge is 0.315 e. The quantitative estimate of drug-likeness (QED) is 0.833. The fourth-order valence-corrected chi connectivity index (χ4v) is 3.13. The molecule has 1 aromatic heterocycles. The number of rotatable bonds is 6. The Bertz CT molecular complexity index is 478. The van der Waals surface area contributed by atoms with Gasteiger partial charge in [0.15, 0.2) is 0 Å². The third kappa shape index (κ3) is 5.90. The molecule has 0 aliphatic carbocycles. The summed E-state index contributed by atoms with van der Waals surface area (Å²) < 4.78 is 5.71. The van der Waals surface area contributed by atoms with Crippen molar-refractivity contribution < 1.29 is 9.53 Å². The summed E-state index contributed by atoms with van der Waals surface area (Å²) in [4.78, 5) is 18.5. The van der Waals surface area contributed by atoms with E-state index in [4.69, 9.17) is 4.74 Å². The van der Waals surface area contributed by atoms with E-state index in [1.165, 1.54) is 0 Å². The molecule has 1 aromatic rings. The van der Waals surface area contributed by atoms with E-state index in [2.05, 4.69) is 34.4 Å². The predicted octanol–water partition coefficient (Wildman–Crippen LogP) is 1.61. The second-order valence-electron chi connectivity index (χ2n) is 6.07. The number of nitrogens with zero attached hydrogens (tertiary/aromatic N) is 2. The van der Waals surface area contributed by atoms with Crippen LogP contribution in [0.3, 0.4) is 0 Å². The van der Waals surface area contributed by atoms with Gasteiger partial charge in [-0.2, -0.15) is 0 Å². The molecule has 2 amide bonds. The molecule has 1 atom stereocenters. The summed E-state index contributed by atoms with van der Waals surface area (Å²) in [5.41, 5.74) is 0.898. The number of urea groups is 1. The van der Waals surface area contributed by atoms with Gasteiger partial charge < -0.3 is 15.4 Å². The number of thiazole rings is 1. The van der Waals surface area contributed by atoms with Gasteiger partial charge in [0.05, 0.1) is 30.0 Å². The number of morpholine rings is 1. The Labute approximate surface area is 136 Å². The van der Waals surface area contributed by atoms with Crippen LogP contribution in [-0.4, -0.2) is 54.8 Å². The molecule has 1 aliphatic rings. The molecular weight excluding hydrogens is 300 g/mol. The van der Waals surface area contributed by atoms with Gasteiger partial charge in [-0.05, 0) is 12.8 Å². The van der Waals surface area contributed by atoms with Crippen LogP contribution in [0.2, 0.25) is 0 Å². The maximum Gasteiger partial charge on any atom is 0.315 e. The van der Waals surface area contributed by atoms with Crippen molar-refractivity contribution in [2.75, 3.05) is 32.8 Å². The Morgan fingerprint density at radius 1 is 1.55 bits per heavy atom. The lowest BCUT2D eigenvalue weighted by atomic mass is 10.2. The number of carbonyl (C=O) groups excluding carboxylic acids is 1. The number of aromatic nitrogens is 1. The van der Waals surface area contributed by atoms with Crippen LogP contribution < -0.4 is 10.6 Å². The summed E-state index contributed by atoms with van der Waals surface area (Å²) in [6, 6.07) is -0.171. The first kappa shape index (κ1) is 17.2. The maximum absolute atomic E-state index is 11.8. The Kier molecular flexibility index (Phi) is 6.60. The monoisotopic (exact) mass is 326 g/mol. The molecule has 2 N–H and O–H groups in total. The van der Waals surface area contributed by atoms with Crippen molar-refractivity contribution in [3.63, 3.8) is 0 Å². The van der Waals surface area contributed by atoms with Crippen LogP contribution in [0.1, 0.15) is 24.5 Å². The first-order valence-electron chi connectivity index (χ1n) is 7.79. The van der Waals surface area contributed by atoms with Gasteiger partial charge in [0.1, 0.15) is 0 Å². The number of ether oxygens (including phenoxy) is 1. The topological polar surface area (TPSA) is 66.5 Å². The van der Waals surface area contributed by atoms with Gasteiger partial charge in [-0.15, -0.1) is 11.3 Å². The molecule has 22 heavy (non-hydrogen) atoms. The standard InChI is InChI=1S/C15H26N4O2S/c1-11(2)8-19-4-5-21-14(9-19)7-17-15(20)16-6-13-10-22-12(3)18-13/h10-11,14H,4-9H2,1-3H3,(H2,16,17,20)/t14-/m1/s1. The first-order chi connectivity index (χ1) is 10.5. The highest BCUT2D eigenvalue weighted by molar-refractivity contribution is 7.09. The van der Waals surface area contributed by atoms with Crippen molar-refractivity contribution in [1.82, 2.24) is 20.5 Å². The molecule has 124 valence electrons. The van der Waals surface area contributed by atoms with Gasteiger partial charge in [0.25, 0.3) is 0 Å². The highest BCUT2D eigenvalue weighted by Crippen LogP contribution is 2.08. The van der Waals surface area contributed by atoms with E-state index in [1.54, 1.807) is 11.3 Å². The third-order valence-electron chi connectivity index (χ3n) is 3.43. The molecule has 0 saturated carbocycles. The molecule has 0 spiro atoms. The zero-order valence-corrected chi connectivity index (χ0v) is 14.4. The normalized spacial score (nSPS) is 19.4.